The summed E-state index contributed by atoms with van der Waals surface area (Å²) < 4.78 is 37.9. The number of aliphatic hydroxyl groups is 2. The second-order valence-electron chi connectivity index (χ2n) is 7.76. The molecule has 1 aliphatic rings. The van der Waals surface area contributed by atoms with Crippen LogP contribution in [0.1, 0.15) is 13.2 Å². The topological polar surface area (TPSA) is 218 Å². The van der Waals surface area contributed by atoms with E-state index in [1.807, 2.05) is 6.92 Å². The van der Waals surface area contributed by atoms with Gasteiger partial charge in [0.05, 0.1) is 52.6 Å². The molecule has 2 aromatic rings. The van der Waals surface area contributed by atoms with Crippen molar-refractivity contribution in [1.29, 1.82) is 0 Å². The Morgan fingerprint density at radius 2 is 1.55 bits per heavy atom. The first kappa shape index (κ1) is 33.5. The molecule has 0 spiro atoms. The summed E-state index contributed by atoms with van der Waals surface area (Å²) in [5.74, 6) is 0.144. The zero-order chi connectivity index (χ0) is 26.7. The fourth-order valence-corrected chi connectivity index (χ4v) is 4.09. The molecule has 1 unspecified atom stereocenters. The van der Waals surface area contributed by atoms with Crippen LogP contribution < -0.4 is 40.2 Å². The van der Waals surface area contributed by atoms with Crippen molar-refractivity contribution in [1.82, 2.24) is 19.5 Å². The third-order valence-electron chi connectivity index (χ3n) is 5.20. The molecule has 1 fully saturated rings. The Morgan fingerprint density at radius 3 is 2.18 bits per heavy atom. The molecule has 3 heterocycles. The Labute approximate surface area is 242 Å². The molecule has 1 saturated heterocycles. The standard InChI is InChI=1S/C20H34N5O11P.Na/c1-2-30-3-4-31-5-6-32-7-8-33-9-10-34-37(28,29)35-11-14-16(26)17(27)20(36-14)25-13-24-15-18(21)22-12-23-19(15)25;/h12-14,16-17,20,26-27H,2-11H2,1H3,(H,28,29)(H2,21,22,23);/q;+1/t14-,16-,17-,20-;/m1./s1. The van der Waals surface area contributed by atoms with E-state index in [1.54, 1.807) is 0 Å². The molecule has 0 amide bonds. The third kappa shape index (κ3) is 10.1. The number of fused-ring (bicyclic) bond motifs is 1. The summed E-state index contributed by atoms with van der Waals surface area (Å²) in [4.78, 5) is 34.0. The average molecular weight is 574 g/mol. The number of phosphoric acid groups is 1. The van der Waals surface area contributed by atoms with Gasteiger partial charge in [-0.25, -0.2) is 15.0 Å². The molecule has 0 radical (unpaired) electrons. The van der Waals surface area contributed by atoms with Gasteiger partial charge in [0.2, 0.25) is 0 Å². The van der Waals surface area contributed by atoms with Gasteiger partial charge in [0.1, 0.15) is 43.4 Å². The molecule has 5 N–H and O–H groups in total. The van der Waals surface area contributed by atoms with Crippen LogP contribution in [0.2, 0.25) is 0 Å². The van der Waals surface area contributed by atoms with Crippen LogP contribution in [-0.4, -0.2) is 119 Å². The Balaban J connectivity index is 0.00000507. The smallest absolute Gasteiger partial charge is 0.606 e. The van der Waals surface area contributed by atoms with Crippen LogP contribution in [0.15, 0.2) is 12.7 Å². The number of ether oxygens (including phenoxy) is 5. The van der Waals surface area contributed by atoms with Crippen LogP contribution in [0.3, 0.4) is 0 Å². The summed E-state index contributed by atoms with van der Waals surface area (Å²) in [7, 11) is -4.47. The van der Waals surface area contributed by atoms with Gasteiger partial charge in [0.25, 0.3) is 0 Å². The Kier molecular flexibility index (Phi) is 15.2. The zero-order valence-electron chi connectivity index (χ0n) is 21.5. The summed E-state index contributed by atoms with van der Waals surface area (Å²) in [5, 5.41) is 20.8. The second-order valence-corrected chi connectivity index (χ2v) is 9.21. The number of anilines is 1. The summed E-state index contributed by atoms with van der Waals surface area (Å²) >= 11 is 0. The van der Waals surface area contributed by atoms with Crippen molar-refractivity contribution >= 4 is 25.2 Å². The minimum atomic E-state index is -4.47. The van der Waals surface area contributed by atoms with Gasteiger partial charge in [-0.05, 0) is 6.92 Å². The van der Waals surface area contributed by atoms with Crippen molar-refractivity contribution in [3.63, 3.8) is 0 Å². The SMILES string of the molecule is CCOCCOCCOCCOCCO[P+]([O-])(O)OC[C@H]1O[C@@H](n2cnc3c(N)ncnc32)[C@H](O)[C@@H]1O.[Na+]. The number of imidazole rings is 1. The molecule has 38 heavy (non-hydrogen) atoms. The van der Waals surface area contributed by atoms with E-state index in [1.165, 1.54) is 17.2 Å². The van der Waals surface area contributed by atoms with Gasteiger partial charge in [0, 0.05) is 6.61 Å². The largest absolute Gasteiger partial charge is 1.00 e. The van der Waals surface area contributed by atoms with Crippen LogP contribution in [-0.2, 0) is 32.7 Å². The summed E-state index contributed by atoms with van der Waals surface area (Å²) in [6, 6.07) is 0. The number of aliphatic hydroxyl groups excluding tert-OH is 2. The normalized spacial score (nSPS) is 23.0. The van der Waals surface area contributed by atoms with Crippen LogP contribution in [0.25, 0.3) is 11.2 Å². The van der Waals surface area contributed by atoms with E-state index in [0.29, 0.717) is 45.2 Å². The van der Waals surface area contributed by atoms with Crippen LogP contribution in [0, 0.1) is 0 Å². The van der Waals surface area contributed by atoms with Gasteiger partial charge < -0.3 is 44.5 Å². The quantitative estimate of drug-likeness (QED) is 0.0746. The first-order valence-electron chi connectivity index (χ1n) is 11.7. The van der Waals surface area contributed by atoms with E-state index in [9.17, 15) is 20.0 Å². The summed E-state index contributed by atoms with van der Waals surface area (Å²) in [6.45, 7) is 4.37. The van der Waals surface area contributed by atoms with Crippen molar-refractivity contribution in [2.24, 2.45) is 0 Å². The molecule has 0 aromatic carbocycles. The summed E-state index contributed by atoms with van der Waals surface area (Å²) in [5.41, 5.74) is 6.36. The molecule has 2 aromatic heterocycles. The monoisotopic (exact) mass is 574 g/mol. The number of aromatic nitrogens is 4. The van der Waals surface area contributed by atoms with E-state index < -0.39 is 39.3 Å². The molecule has 210 valence electrons. The van der Waals surface area contributed by atoms with Crippen molar-refractivity contribution in [2.75, 3.05) is 71.8 Å². The van der Waals surface area contributed by atoms with Gasteiger partial charge in [-0.15, -0.1) is 0 Å². The average Bonchev–Trinajstić information content (AvgIpc) is 3.42. The number of nitrogen functional groups attached to an aromatic ring is 1. The van der Waals surface area contributed by atoms with Crippen LogP contribution >= 0.6 is 8.17 Å². The number of hydrogen-bond donors (Lipinski definition) is 4. The van der Waals surface area contributed by atoms with Gasteiger partial charge in [-0.1, -0.05) is 0 Å². The number of hydrogen-bond acceptors (Lipinski definition) is 15. The second kappa shape index (κ2) is 17.2. The molecule has 18 heteroatoms. The molecule has 0 aliphatic carbocycles. The van der Waals surface area contributed by atoms with Crippen LogP contribution in [0.5, 0.6) is 0 Å². The maximum atomic E-state index is 12.1. The van der Waals surface area contributed by atoms with E-state index >= 15 is 0 Å². The predicted molar refractivity (Wildman–Crippen MR) is 126 cm³/mol. The van der Waals surface area contributed by atoms with Gasteiger partial charge in [-0.3, -0.25) is 4.57 Å². The maximum absolute atomic E-state index is 12.1. The van der Waals surface area contributed by atoms with Crippen molar-refractivity contribution in [3.05, 3.63) is 12.7 Å². The molecule has 0 saturated carbocycles. The molecule has 0 bridgehead atoms. The first-order valence-corrected chi connectivity index (χ1v) is 13.2. The van der Waals surface area contributed by atoms with Crippen molar-refractivity contribution in [2.45, 2.75) is 31.5 Å². The van der Waals surface area contributed by atoms with E-state index in [-0.39, 0.29) is 60.8 Å². The van der Waals surface area contributed by atoms with Gasteiger partial charge in [0.15, 0.2) is 17.7 Å². The predicted octanol–water partition coefficient (Wildman–Crippen LogP) is -4.82. The molecule has 1 aliphatic heterocycles. The number of nitrogens with two attached hydrogens (primary N) is 1. The first-order chi connectivity index (χ1) is 17.8. The van der Waals surface area contributed by atoms with Gasteiger partial charge >= 0.3 is 37.7 Å². The fraction of sp³-hybridized carbons (Fsp3) is 0.750. The Morgan fingerprint density at radius 1 is 0.947 bits per heavy atom. The van der Waals surface area contributed by atoms with E-state index in [4.69, 9.17) is 38.5 Å². The Bertz CT molecular complexity index is 946. The number of phosphoric ester groups is 1. The third-order valence-corrected chi connectivity index (χ3v) is 6.19. The van der Waals surface area contributed by atoms with Gasteiger partial charge in [-0.2, -0.15) is 13.9 Å². The molecular formula is C20H34N5NaO11P+. The number of rotatable bonds is 18. The minimum absolute atomic E-state index is 0. The van der Waals surface area contributed by atoms with E-state index in [2.05, 4.69) is 15.0 Å². The van der Waals surface area contributed by atoms with Crippen molar-refractivity contribution in [3.8, 4) is 0 Å². The molecule has 16 nitrogen and oxygen atoms in total. The Hall–Kier alpha value is -0.660. The molecule has 3 rings (SSSR count). The van der Waals surface area contributed by atoms with Crippen molar-refractivity contribution < 1.29 is 82.3 Å². The van der Waals surface area contributed by atoms with E-state index in [0.717, 1.165) is 0 Å². The number of nitrogens with zero attached hydrogens (tertiary/aromatic N) is 4. The fourth-order valence-electron chi connectivity index (χ4n) is 3.37. The molecule has 5 atom stereocenters. The summed E-state index contributed by atoms with van der Waals surface area (Å²) in [6.07, 6.45) is -2.45. The maximum Gasteiger partial charge on any atom is 1.00 e. The zero-order valence-corrected chi connectivity index (χ0v) is 24.4. The van der Waals surface area contributed by atoms with Crippen LogP contribution in [0.4, 0.5) is 5.82 Å². The molecular weight excluding hydrogens is 540 g/mol. The minimum Gasteiger partial charge on any atom is -0.606 e.